The summed E-state index contributed by atoms with van der Waals surface area (Å²) in [6.45, 7) is 0.440. The number of aromatic nitrogens is 3. The zero-order valence-electron chi connectivity index (χ0n) is 27.1. The van der Waals surface area contributed by atoms with Crippen molar-refractivity contribution in [2.24, 2.45) is 7.05 Å². The molecule has 0 radical (unpaired) electrons. The number of aliphatic hydroxyl groups is 1. The van der Waals surface area contributed by atoms with Crippen molar-refractivity contribution in [3.63, 3.8) is 0 Å². The maximum Gasteiger partial charge on any atom is 0.243 e. The van der Waals surface area contributed by atoms with Crippen molar-refractivity contribution >= 4 is 23.6 Å². The Balaban J connectivity index is 1.18. The minimum atomic E-state index is -0.554. The van der Waals surface area contributed by atoms with Crippen LogP contribution in [0.3, 0.4) is 0 Å². The third kappa shape index (κ3) is 10.2. The van der Waals surface area contributed by atoms with Crippen LogP contribution in [-0.4, -0.2) is 48.7 Å². The lowest BCUT2D eigenvalue weighted by Crippen LogP contribution is -2.31. The van der Waals surface area contributed by atoms with Crippen molar-refractivity contribution < 1.29 is 29.4 Å². The van der Waals surface area contributed by atoms with Gasteiger partial charge in [-0.25, -0.2) is 5.48 Å². The van der Waals surface area contributed by atoms with Crippen LogP contribution in [0.1, 0.15) is 79.6 Å². The fourth-order valence-corrected chi connectivity index (χ4v) is 6.46. The highest BCUT2D eigenvalue weighted by Gasteiger charge is 2.32. The number of benzene rings is 3. The molecule has 1 aliphatic rings. The smallest absolute Gasteiger partial charge is 0.243 e. The van der Waals surface area contributed by atoms with E-state index in [0.29, 0.717) is 31.6 Å². The van der Waals surface area contributed by atoms with Gasteiger partial charge in [0.1, 0.15) is 6.33 Å². The maximum atomic E-state index is 12.4. The number of hydroxylamine groups is 1. The first-order chi connectivity index (χ1) is 23.4. The quantitative estimate of drug-likeness (QED) is 0.0503. The van der Waals surface area contributed by atoms with Crippen LogP contribution < -0.4 is 10.8 Å². The highest BCUT2D eigenvalue weighted by molar-refractivity contribution is 7.99. The summed E-state index contributed by atoms with van der Waals surface area (Å²) in [5, 5.41) is 30.0. The van der Waals surface area contributed by atoms with E-state index in [1.165, 1.54) is 0 Å². The molecular formula is C36H43N5O6S. The van der Waals surface area contributed by atoms with Gasteiger partial charge in [-0.15, -0.1) is 10.2 Å². The van der Waals surface area contributed by atoms with E-state index in [0.717, 1.165) is 57.8 Å². The van der Waals surface area contributed by atoms with Crippen molar-refractivity contribution in [3.8, 4) is 11.1 Å². The van der Waals surface area contributed by atoms with Crippen LogP contribution in [0, 0.1) is 0 Å². The first-order valence-corrected chi connectivity index (χ1v) is 17.3. The molecule has 4 N–H and O–H groups in total. The molecule has 2 amide bonds. The molecule has 254 valence electrons. The molecule has 1 saturated heterocycles. The fourth-order valence-electron chi connectivity index (χ4n) is 5.56. The van der Waals surface area contributed by atoms with Crippen LogP contribution in [0.15, 0.2) is 84.3 Å². The molecule has 11 nitrogen and oxygen atoms in total. The van der Waals surface area contributed by atoms with Gasteiger partial charge in [0.25, 0.3) is 0 Å². The fraction of sp³-hybridized carbons (Fsp3) is 0.389. The Morgan fingerprint density at radius 3 is 2.31 bits per heavy atom. The van der Waals surface area contributed by atoms with Gasteiger partial charge in [-0.05, 0) is 46.7 Å². The molecule has 4 aromatic rings. The summed E-state index contributed by atoms with van der Waals surface area (Å²) in [5.41, 5.74) is 7.55. The van der Waals surface area contributed by atoms with Crippen LogP contribution in [0.4, 0.5) is 0 Å². The molecule has 0 unspecified atom stereocenters. The first-order valence-electron chi connectivity index (χ1n) is 16.3. The van der Waals surface area contributed by atoms with Crippen molar-refractivity contribution in [1.82, 2.24) is 25.6 Å². The minimum Gasteiger partial charge on any atom is -0.392 e. The minimum absolute atomic E-state index is 0.00118. The molecule has 1 fully saturated rings. The second-order valence-corrected chi connectivity index (χ2v) is 12.9. The lowest BCUT2D eigenvalue weighted by Gasteiger charge is -2.36. The van der Waals surface area contributed by atoms with Gasteiger partial charge in [0, 0.05) is 44.2 Å². The molecule has 1 aromatic heterocycles. The van der Waals surface area contributed by atoms with Gasteiger partial charge in [0.05, 0.1) is 18.8 Å². The molecular weight excluding hydrogens is 630 g/mol. The predicted molar refractivity (Wildman–Crippen MR) is 182 cm³/mol. The Labute approximate surface area is 285 Å². The van der Waals surface area contributed by atoms with Gasteiger partial charge in [0.15, 0.2) is 11.4 Å². The van der Waals surface area contributed by atoms with E-state index < -0.39 is 6.29 Å². The van der Waals surface area contributed by atoms with Gasteiger partial charge in [-0.1, -0.05) is 91.3 Å². The van der Waals surface area contributed by atoms with E-state index >= 15 is 0 Å². The van der Waals surface area contributed by atoms with Crippen molar-refractivity contribution in [2.75, 3.05) is 5.75 Å². The van der Waals surface area contributed by atoms with E-state index in [1.807, 2.05) is 60.1 Å². The number of ether oxygens (including phenoxy) is 2. The number of nitrogens with zero attached hydrogens (tertiary/aromatic N) is 3. The standard InChI is InChI=1S/C36H43N5O6S/c1-41-24-38-39-36(41)48-23-31-20-32(28-13-11-25(22-42)12-14-28)47-35(46-31)29-17-15-27(16-18-29)30-8-6-7-26(19-30)21-37-33(43)9-4-2-3-5-10-34(44)40-45/h6-8,11-19,24,31-32,35,42,45H,2-5,9-10,20-23H2,1H3,(H,37,43)(H,40,44)/t31-,32+,35+/m1/s1. The van der Waals surface area contributed by atoms with Crippen LogP contribution in [0.25, 0.3) is 11.1 Å². The molecule has 3 atom stereocenters. The highest BCUT2D eigenvalue weighted by atomic mass is 32.2. The number of hydrogen-bond donors (Lipinski definition) is 4. The molecule has 0 bridgehead atoms. The normalized spacial score (nSPS) is 17.6. The summed E-state index contributed by atoms with van der Waals surface area (Å²) < 4.78 is 14.9. The summed E-state index contributed by atoms with van der Waals surface area (Å²) in [6, 6.07) is 24.2. The summed E-state index contributed by atoms with van der Waals surface area (Å²) in [6.07, 6.45) is 5.43. The molecule has 1 aliphatic heterocycles. The number of aryl methyl sites for hydroxylation is 1. The Morgan fingerprint density at radius 1 is 0.896 bits per heavy atom. The average Bonchev–Trinajstić information content (AvgIpc) is 3.55. The predicted octanol–water partition coefficient (Wildman–Crippen LogP) is 5.77. The van der Waals surface area contributed by atoms with E-state index in [-0.39, 0.29) is 37.0 Å². The summed E-state index contributed by atoms with van der Waals surface area (Å²) in [4.78, 5) is 23.4. The number of nitrogens with one attached hydrogen (secondary N) is 2. The monoisotopic (exact) mass is 673 g/mol. The van der Waals surface area contributed by atoms with E-state index in [2.05, 4.69) is 39.8 Å². The van der Waals surface area contributed by atoms with Gasteiger partial charge in [0.2, 0.25) is 11.8 Å². The van der Waals surface area contributed by atoms with Gasteiger partial charge < -0.3 is 24.5 Å². The lowest BCUT2D eigenvalue weighted by molar-refractivity contribution is -0.245. The van der Waals surface area contributed by atoms with Gasteiger partial charge in [-0.2, -0.15) is 0 Å². The zero-order valence-corrected chi connectivity index (χ0v) is 27.9. The van der Waals surface area contributed by atoms with Crippen LogP contribution in [0.2, 0.25) is 0 Å². The van der Waals surface area contributed by atoms with Crippen molar-refractivity contribution in [3.05, 3.63) is 101 Å². The van der Waals surface area contributed by atoms with E-state index in [4.69, 9.17) is 14.7 Å². The number of rotatable bonds is 16. The Morgan fingerprint density at radius 2 is 1.62 bits per heavy atom. The Kier molecular flexibility index (Phi) is 13.1. The molecule has 3 aromatic carbocycles. The SMILES string of the molecule is Cn1cnnc1SC[C@H]1C[C@@H](c2ccc(CO)cc2)O[C@@H](c2ccc(-c3cccc(CNC(=O)CCCCCCC(=O)NO)c3)cc2)O1. The summed E-state index contributed by atoms with van der Waals surface area (Å²) in [5.74, 6) is 0.319. The van der Waals surface area contributed by atoms with Crippen molar-refractivity contribution in [1.29, 1.82) is 0 Å². The van der Waals surface area contributed by atoms with E-state index in [9.17, 15) is 14.7 Å². The average molecular weight is 674 g/mol. The van der Waals surface area contributed by atoms with Crippen LogP contribution >= 0.6 is 11.8 Å². The maximum absolute atomic E-state index is 12.4. The third-order valence-corrected chi connectivity index (χ3v) is 9.46. The number of carbonyl (C=O) groups excluding carboxylic acids is 2. The number of amides is 2. The zero-order chi connectivity index (χ0) is 33.7. The molecule has 0 spiro atoms. The van der Waals surface area contributed by atoms with Crippen LogP contribution in [0.5, 0.6) is 0 Å². The number of hydrogen-bond acceptors (Lipinski definition) is 9. The molecule has 48 heavy (non-hydrogen) atoms. The number of carbonyl (C=O) groups is 2. The van der Waals surface area contributed by atoms with E-state index in [1.54, 1.807) is 23.6 Å². The third-order valence-electron chi connectivity index (χ3n) is 8.30. The van der Waals surface area contributed by atoms with Gasteiger partial charge in [-0.3, -0.25) is 14.8 Å². The largest absolute Gasteiger partial charge is 0.392 e. The van der Waals surface area contributed by atoms with Crippen LogP contribution in [-0.2, 0) is 39.3 Å². The second-order valence-electron chi connectivity index (χ2n) is 11.9. The number of aliphatic hydroxyl groups excluding tert-OH is 1. The highest BCUT2D eigenvalue weighted by Crippen LogP contribution is 2.39. The second kappa shape index (κ2) is 17.9. The lowest BCUT2D eigenvalue weighted by atomic mass is 9.99. The molecule has 5 rings (SSSR count). The first kappa shape index (κ1) is 35.2. The molecule has 12 heteroatoms. The molecule has 0 saturated carbocycles. The van der Waals surface area contributed by atoms with Gasteiger partial charge >= 0.3 is 0 Å². The van der Waals surface area contributed by atoms with Crippen molar-refractivity contribution in [2.45, 2.75) is 81.8 Å². The summed E-state index contributed by atoms with van der Waals surface area (Å²) >= 11 is 1.61. The Bertz CT molecular complexity index is 1610. The number of unbranched alkanes of at least 4 members (excludes halogenated alkanes) is 3. The number of thioether (sulfide) groups is 1. The summed E-state index contributed by atoms with van der Waals surface area (Å²) in [7, 11) is 1.92. The molecule has 0 aliphatic carbocycles. The topological polar surface area (TPSA) is 148 Å². The molecule has 2 heterocycles. The Hall–Kier alpha value is -4.07.